The number of thioether (sulfide) groups is 1. The Morgan fingerprint density at radius 2 is 1.61 bits per heavy atom. The van der Waals surface area contributed by atoms with Gasteiger partial charge in [0.2, 0.25) is 11.7 Å². The van der Waals surface area contributed by atoms with Gasteiger partial charge in [0.1, 0.15) is 4.32 Å². The van der Waals surface area contributed by atoms with Crippen molar-refractivity contribution in [3.05, 3.63) is 35.9 Å². The van der Waals surface area contributed by atoms with Gasteiger partial charge in [-0.3, -0.25) is 9.69 Å². The molecule has 1 saturated heterocycles. The lowest BCUT2D eigenvalue weighted by atomic mass is 10.1. The molecule has 38 heavy (non-hydrogen) atoms. The minimum absolute atomic E-state index is 0.0156. The Morgan fingerprint density at radius 3 is 2.13 bits per heavy atom. The van der Waals surface area contributed by atoms with Crippen LogP contribution in [0.3, 0.4) is 0 Å². The summed E-state index contributed by atoms with van der Waals surface area (Å²) in [6.45, 7) is 4.10. The van der Waals surface area contributed by atoms with Crippen LogP contribution in [0.5, 0.6) is 28.7 Å². The highest BCUT2D eigenvalue weighted by molar-refractivity contribution is 8.23. The van der Waals surface area contributed by atoms with E-state index in [9.17, 15) is 9.90 Å². The fourth-order valence-corrected chi connectivity index (χ4v) is 5.28. The monoisotopic (exact) mass is 565 g/mol. The number of thiocarbonyl (C=S) groups is 1. The van der Waals surface area contributed by atoms with Crippen LogP contribution in [0.4, 0.5) is 5.69 Å². The Hall–Kier alpha value is -2.93. The Balaban J connectivity index is 1.82. The van der Waals surface area contributed by atoms with E-state index in [2.05, 4.69) is 9.80 Å². The minimum atomic E-state index is -0.180. The minimum Gasteiger partial charge on any atom is -0.504 e. The second-order valence-electron chi connectivity index (χ2n) is 8.48. The maximum absolute atomic E-state index is 13.6. The molecule has 0 saturated carbocycles. The number of hydrogen-bond acceptors (Lipinski definition) is 10. The molecule has 0 aliphatic carbocycles. The summed E-state index contributed by atoms with van der Waals surface area (Å²) in [5.41, 5.74) is 1.25. The van der Waals surface area contributed by atoms with Crippen LogP contribution in [-0.4, -0.2) is 104 Å². The molecule has 0 unspecified atom stereocenters. The van der Waals surface area contributed by atoms with Gasteiger partial charge in [-0.2, -0.15) is 0 Å². The molecule has 0 aromatic heterocycles. The van der Waals surface area contributed by atoms with Crippen LogP contribution in [0.15, 0.2) is 30.3 Å². The summed E-state index contributed by atoms with van der Waals surface area (Å²) in [6, 6.07) is 8.45. The zero-order valence-electron chi connectivity index (χ0n) is 22.1. The van der Waals surface area contributed by atoms with Crippen molar-refractivity contribution < 1.29 is 34.0 Å². The molecular formula is C26H35N3O7S2. The van der Waals surface area contributed by atoms with E-state index in [1.54, 1.807) is 35.2 Å². The van der Waals surface area contributed by atoms with E-state index in [-0.39, 0.29) is 30.6 Å². The van der Waals surface area contributed by atoms with Gasteiger partial charge in [-0.1, -0.05) is 30.0 Å². The first-order chi connectivity index (χ1) is 18.3. The van der Waals surface area contributed by atoms with Crippen molar-refractivity contribution in [1.82, 2.24) is 9.80 Å². The van der Waals surface area contributed by atoms with Crippen LogP contribution < -0.4 is 23.8 Å². The predicted octanol–water partition coefficient (Wildman–Crippen LogP) is 2.59. The number of piperazine rings is 1. The zero-order chi connectivity index (χ0) is 27.7. The number of phenols is 1. The van der Waals surface area contributed by atoms with E-state index in [0.717, 1.165) is 26.2 Å². The number of aliphatic hydroxyl groups is 1. The van der Waals surface area contributed by atoms with Gasteiger partial charge in [0.25, 0.3) is 0 Å². The first-order valence-electron chi connectivity index (χ1n) is 12.1. The number of benzene rings is 2. The number of carbonyl (C=O) groups excluding carboxylic acids is 1. The third-order valence-corrected chi connectivity index (χ3v) is 7.72. The largest absolute Gasteiger partial charge is 0.504 e. The van der Waals surface area contributed by atoms with E-state index in [4.69, 9.17) is 36.3 Å². The predicted molar refractivity (Wildman–Crippen MR) is 152 cm³/mol. The van der Waals surface area contributed by atoms with Crippen molar-refractivity contribution in [2.45, 2.75) is 6.54 Å². The smallest absolute Gasteiger partial charge is 0.237 e. The van der Waals surface area contributed by atoms with E-state index < -0.39 is 0 Å². The number of phenolic OH excluding ortho intramolecular Hbond substituents is 1. The van der Waals surface area contributed by atoms with Gasteiger partial charge in [0.05, 0.1) is 53.0 Å². The molecule has 0 spiro atoms. The molecule has 1 heterocycles. The molecule has 0 radical (unpaired) electrons. The van der Waals surface area contributed by atoms with Gasteiger partial charge in [-0.15, -0.1) is 0 Å². The fraction of sp³-hybridized carbons (Fsp3) is 0.462. The molecule has 1 fully saturated rings. The Kier molecular flexibility index (Phi) is 11.1. The molecule has 12 heteroatoms. The third kappa shape index (κ3) is 7.34. The van der Waals surface area contributed by atoms with Crippen LogP contribution in [0.25, 0.3) is 0 Å². The van der Waals surface area contributed by atoms with Crippen LogP contribution in [-0.2, 0) is 11.3 Å². The highest BCUT2D eigenvalue weighted by Gasteiger charge is 2.24. The number of hydrogen-bond donors (Lipinski definition) is 2. The number of β-amino-alcohol motifs (C(OH)–C–C–N with tert-alkyl or cyclic N) is 1. The van der Waals surface area contributed by atoms with Crippen LogP contribution in [0, 0.1) is 0 Å². The van der Waals surface area contributed by atoms with Crippen molar-refractivity contribution in [1.29, 1.82) is 0 Å². The summed E-state index contributed by atoms with van der Waals surface area (Å²) in [5, 5.41) is 19.4. The number of nitrogens with zero attached hydrogens (tertiary/aromatic N) is 3. The maximum Gasteiger partial charge on any atom is 0.237 e. The number of anilines is 1. The molecule has 0 atom stereocenters. The standard InChI is InChI=1S/C26H35N3O7S2/c1-33-21-6-5-18(13-20(21)31)16-29(19-14-22(34-2)25(36-4)23(15-19)35-3)24(32)17-38-26(37)28-9-7-27(8-10-28)11-12-30/h5-6,13-15,30-31H,7-12,16-17H2,1-4H3. The normalized spacial score (nSPS) is 13.7. The van der Waals surface area contributed by atoms with Crippen LogP contribution in [0.2, 0.25) is 0 Å². The molecule has 1 amide bonds. The SMILES string of the molecule is COc1ccc(CN(C(=O)CSC(=S)N2CCN(CCO)CC2)c2cc(OC)c(OC)c(OC)c2)cc1O. The second-order valence-corrected chi connectivity index (χ2v) is 10.1. The Morgan fingerprint density at radius 1 is 0.974 bits per heavy atom. The molecule has 2 N–H and O–H groups in total. The molecule has 1 aliphatic rings. The zero-order valence-corrected chi connectivity index (χ0v) is 23.8. The molecule has 208 valence electrons. The van der Waals surface area contributed by atoms with Gasteiger partial charge in [-0.05, 0) is 17.7 Å². The van der Waals surface area contributed by atoms with Crippen molar-refractivity contribution in [2.24, 2.45) is 0 Å². The molecule has 2 aromatic rings. The molecule has 1 aliphatic heterocycles. The van der Waals surface area contributed by atoms with E-state index in [1.807, 2.05) is 0 Å². The van der Waals surface area contributed by atoms with Gasteiger partial charge in [-0.25, -0.2) is 0 Å². The number of carbonyl (C=O) groups is 1. The summed E-state index contributed by atoms with van der Waals surface area (Å²) in [7, 11) is 6.03. The fourth-order valence-electron chi connectivity index (χ4n) is 4.15. The van der Waals surface area contributed by atoms with E-state index in [0.29, 0.717) is 45.1 Å². The first-order valence-corrected chi connectivity index (χ1v) is 13.5. The lowest BCUT2D eigenvalue weighted by Gasteiger charge is -2.35. The summed E-state index contributed by atoms with van der Waals surface area (Å²) in [4.78, 5) is 19.5. The Labute approximate surface area is 233 Å². The molecule has 0 bridgehead atoms. The van der Waals surface area contributed by atoms with Gasteiger partial charge < -0.3 is 39.0 Å². The van der Waals surface area contributed by atoms with Crippen LogP contribution in [0.1, 0.15) is 5.56 Å². The van der Waals surface area contributed by atoms with E-state index in [1.165, 1.54) is 40.2 Å². The third-order valence-electron chi connectivity index (χ3n) is 6.21. The lowest BCUT2D eigenvalue weighted by molar-refractivity contribution is -0.116. The van der Waals surface area contributed by atoms with Crippen molar-refractivity contribution in [2.75, 3.05) is 78.4 Å². The molecule has 3 rings (SSSR count). The number of methoxy groups -OCH3 is 4. The van der Waals surface area contributed by atoms with Gasteiger partial charge in [0.15, 0.2) is 23.0 Å². The summed E-state index contributed by atoms with van der Waals surface area (Å²) >= 11 is 6.95. The van der Waals surface area contributed by atoms with Crippen molar-refractivity contribution >= 4 is 39.9 Å². The van der Waals surface area contributed by atoms with Gasteiger partial charge >= 0.3 is 0 Å². The lowest BCUT2D eigenvalue weighted by Crippen LogP contribution is -2.48. The maximum atomic E-state index is 13.6. The number of amides is 1. The topological polar surface area (TPSA) is 104 Å². The van der Waals surface area contributed by atoms with Crippen molar-refractivity contribution in [3.8, 4) is 28.7 Å². The number of aliphatic hydroxyl groups excluding tert-OH is 1. The molecule has 10 nitrogen and oxygen atoms in total. The number of rotatable bonds is 11. The van der Waals surface area contributed by atoms with Gasteiger partial charge in [0, 0.05) is 44.9 Å². The first kappa shape index (κ1) is 29.6. The highest BCUT2D eigenvalue weighted by atomic mass is 32.2. The summed E-state index contributed by atoms with van der Waals surface area (Å²) in [5.74, 6) is 1.53. The van der Waals surface area contributed by atoms with Crippen LogP contribution >= 0.6 is 24.0 Å². The number of ether oxygens (including phenoxy) is 4. The quantitative estimate of drug-likeness (QED) is 0.393. The average molecular weight is 566 g/mol. The summed E-state index contributed by atoms with van der Waals surface area (Å²) in [6.07, 6.45) is 0. The second kappa shape index (κ2) is 14.3. The number of aromatic hydroxyl groups is 1. The summed E-state index contributed by atoms with van der Waals surface area (Å²) < 4.78 is 22.3. The average Bonchev–Trinajstić information content (AvgIpc) is 2.94. The molecule has 2 aromatic carbocycles. The highest BCUT2D eigenvalue weighted by Crippen LogP contribution is 2.41. The van der Waals surface area contributed by atoms with Crippen molar-refractivity contribution in [3.63, 3.8) is 0 Å². The molecular weight excluding hydrogens is 530 g/mol. The van der Waals surface area contributed by atoms with E-state index >= 15 is 0 Å². The Bertz CT molecular complexity index is 1090.